The average Bonchev–Trinajstić information content (AvgIpc) is 2.52. The Kier molecular flexibility index (Phi) is 1.16. The first kappa shape index (κ1) is 6.44. The molecule has 0 aromatic carbocycles. The van der Waals surface area contributed by atoms with Gasteiger partial charge in [-0.3, -0.25) is 0 Å². The van der Waals surface area contributed by atoms with Gasteiger partial charge in [-0.1, -0.05) is 0 Å². The molecule has 2 heteroatoms. The third-order valence-electron chi connectivity index (χ3n) is 3.62. The highest BCUT2D eigenvalue weighted by Crippen LogP contribution is 2.56. The Morgan fingerprint density at radius 2 is 2.27 bits per heavy atom. The fraction of sp³-hybridized carbons (Fsp3) is 1.00. The number of fused-ring (bicyclic) bond motifs is 2. The van der Waals surface area contributed by atoms with E-state index in [-0.39, 0.29) is 0 Å². The predicted molar refractivity (Wildman–Crippen MR) is 40.3 cm³/mol. The number of ether oxygens (including phenoxy) is 2. The first-order chi connectivity index (χ1) is 5.41. The molecule has 0 bridgehead atoms. The van der Waals surface area contributed by atoms with E-state index in [1.165, 1.54) is 19.3 Å². The molecule has 0 aromatic heterocycles. The molecular weight excluding hydrogens is 140 g/mol. The van der Waals surface area contributed by atoms with Crippen molar-refractivity contribution < 1.29 is 9.47 Å². The molecule has 11 heavy (non-hydrogen) atoms. The summed E-state index contributed by atoms with van der Waals surface area (Å²) < 4.78 is 11.1. The van der Waals surface area contributed by atoms with Gasteiger partial charge in [0.05, 0.1) is 12.7 Å². The van der Waals surface area contributed by atoms with Gasteiger partial charge in [0, 0.05) is 18.6 Å². The van der Waals surface area contributed by atoms with Crippen molar-refractivity contribution in [3.05, 3.63) is 0 Å². The van der Waals surface area contributed by atoms with Gasteiger partial charge in [-0.2, -0.15) is 0 Å². The van der Waals surface area contributed by atoms with Gasteiger partial charge in [0.15, 0.2) is 0 Å². The minimum atomic E-state index is 0.473. The molecule has 0 N–H and O–H groups in total. The van der Waals surface area contributed by atoms with Crippen LogP contribution in [0.5, 0.6) is 0 Å². The quantitative estimate of drug-likeness (QED) is 0.522. The second kappa shape index (κ2) is 1.99. The number of hydrogen-bond donors (Lipinski definition) is 0. The lowest BCUT2D eigenvalue weighted by atomic mass is 9.59. The first-order valence-corrected chi connectivity index (χ1v) is 4.60. The number of rotatable bonds is 0. The summed E-state index contributed by atoms with van der Waals surface area (Å²) in [4.78, 5) is 0. The summed E-state index contributed by atoms with van der Waals surface area (Å²) in [5.74, 6) is 0.886. The van der Waals surface area contributed by atoms with Crippen molar-refractivity contribution in [1.82, 2.24) is 0 Å². The summed E-state index contributed by atoms with van der Waals surface area (Å²) >= 11 is 0. The third-order valence-corrected chi connectivity index (χ3v) is 3.62. The van der Waals surface area contributed by atoms with E-state index in [0.717, 1.165) is 25.7 Å². The first-order valence-electron chi connectivity index (χ1n) is 4.60. The fourth-order valence-electron chi connectivity index (χ4n) is 3.01. The Morgan fingerprint density at radius 1 is 1.27 bits per heavy atom. The molecule has 3 unspecified atom stereocenters. The molecule has 2 saturated heterocycles. The zero-order chi connectivity index (χ0) is 7.31. The molecule has 1 spiro atoms. The molecule has 3 rings (SSSR count). The SMILES string of the molecule is C1CC2(CO1)CC1CCOC12. The van der Waals surface area contributed by atoms with E-state index in [0.29, 0.717) is 11.5 Å². The zero-order valence-corrected chi connectivity index (χ0v) is 6.71. The zero-order valence-electron chi connectivity index (χ0n) is 6.71. The lowest BCUT2D eigenvalue weighted by Crippen LogP contribution is -2.51. The maximum atomic E-state index is 5.71. The Morgan fingerprint density at radius 3 is 3.00 bits per heavy atom. The van der Waals surface area contributed by atoms with Crippen LogP contribution in [0.2, 0.25) is 0 Å². The van der Waals surface area contributed by atoms with Gasteiger partial charge in [0.2, 0.25) is 0 Å². The van der Waals surface area contributed by atoms with Crippen molar-refractivity contribution in [2.45, 2.75) is 25.4 Å². The fourth-order valence-corrected chi connectivity index (χ4v) is 3.01. The Labute approximate surface area is 66.9 Å². The van der Waals surface area contributed by atoms with E-state index in [4.69, 9.17) is 9.47 Å². The summed E-state index contributed by atoms with van der Waals surface area (Å²) in [7, 11) is 0. The van der Waals surface area contributed by atoms with Crippen LogP contribution in [0.1, 0.15) is 19.3 Å². The van der Waals surface area contributed by atoms with Crippen molar-refractivity contribution in [1.29, 1.82) is 0 Å². The van der Waals surface area contributed by atoms with Gasteiger partial charge in [0.1, 0.15) is 0 Å². The van der Waals surface area contributed by atoms with Crippen LogP contribution in [0.25, 0.3) is 0 Å². The Balaban J connectivity index is 1.81. The van der Waals surface area contributed by atoms with Gasteiger partial charge in [-0.25, -0.2) is 0 Å². The second-order valence-electron chi connectivity index (χ2n) is 4.21. The summed E-state index contributed by atoms with van der Waals surface area (Å²) in [6.45, 7) is 2.93. The summed E-state index contributed by atoms with van der Waals surface area (Å²) in [5.41, 5.74) is 0.473. The number of hydrogen-bond acceptors (Lipinski definition) is 2. The molecule has 3 fully saturated rings. The lowest BCUT2D eigenvalue weighted by molar-refractivity contribution is -0.104. The Hall–Kier alpha value is -0.0800. The van der Waals surface area contributed by atoms with Crippen LogP contribution in [0.4, 0.5) is 0 Å². The standard InChI is InChI=1S/C9H14O2/c1-3-11-8-7(1)5-9(8)2-4-10-6-9/h7-8H,1-6H2. The normalized spacial score (nSPS) is 54.5. The maximum Gasteiger partial charge on any atom is 0.0683 e. The second-order valence-corrected chi connectivity index (χ2v) is 4.21. The van der Waals surface area contributed by atoms with Crippen molar-refractivity contribution in [2.75, 3.05) is 19.8 Å². The van der Waals surface area contributed by atoms with Gasteiger partial charge in [-0.15, -0.1) is 0 Å². The van der Waals surface area contributed by atoms with Gasteiger partial charge in [0.25, 0.3) is 0 Å². The van der Waals surface area contributed by atoms with Crippen LogP contribution in [0, 0.1) is 11.3 Å². The minimum absolute atomic E-state index is 0.473. The molecule has 0 radical (unpaired) electrons. The minimum Gasteiger partial charge on any atom is -0.381 e. The molecule has 0 amide bonds. The molecule has 3 atom stereocenters. The molecule has 62 valence electrons. The van der Waals surface area contributed by atoms with Gasteiger partial charge >= 0.3 is 0 Å². The van der Waals surface area contributed by atoms with Crippen molar-refractivity contribution in [3.63, 3.8) is 0 Å². The van der Waals surface area contributed by atoms with E-state index in [2.05, 4.69) is 0 Å². The predicted octanol–water partition coefficient (Wildman–Crippen LogP) is 1.20. The molecule has 2 nitrogen and oxygen atoms in total. The largest absolute Gasteiger partial charge is 0.381 e. The highest BCUT2D eigenvalue weighted by atomic mass is 16.5. The maximum absolute atomic E-state index is 5.71. The van der Waals surface area contributed by atoms with Crippen molar-refractivity contribution >= 4 is 0 Å². The van der Waals surface area contributed by atoms with Crippen LogP contribution < -0.4 is 0 Å². The van der Waals surface area contributed by atoms with Gasteiger partial charge in [-0.05, 0) is 25.2 Å². The Bertz CT molecular complexity index is 172. The lowest BCUT2D eigenvalue weighted by Gasteiger charge is -2.47. The van der Waals surface area contributed by atoms with E-state index in [1.54, 1.807) is 0 Å². The molecule has 2 heterocycles. The highest BCUT2D eigenvalue weighted by Gasteiger charge is 2.58. The van der Waals surface area contributed by atoms with E-state index in [1.807, 2.05) is 0 Å². The van der Waals surface area contributed by atoms with Crippen LogP contribution in [-0.4, -0.2) is 25.9 Å². The van der Waals surface area contributed by atoms with E-state index >= 15 is 0 Å². The van der Waals surface area contributed by atoms with Crippen LogP contribution >= 0.6 is 0 Å². The van der Waals surface area contributed by atoms with E-state index < -0.39 is 0 Å². The van der Waals surface area contributed by atoms with E-state index in [9.17, 15) is 0 Å². The summed E-state index contributed by atoms with van der Waals surface area (Å²) in [5, 5.41) is 0. The molecule has 2 aliphatic heterocycles. The molecule has 3 aliphatic rings. The smallest absolute Gasteiger partial charge is 0.0683 e. The summed E-state index contributed by atoms with van der Waals surface area (Å²) in [6.07, 6.45) is 4.49. The van der Waals surface area contributed by atoms with Crippen LogP contribution in [0.15, 0.2) is 0 Å². The molecular formula is C9H14O2. The van der Waals surface area contributed by atoms with Gasteiger partial charge < -0.3 is 9.47 Å². The average molecular weight is 154 g/mol. The highest BCUT2D eigenvalue weighted by molar-refractivity contribution is 5.06. The topological polar surface area (TPSA) is 18.5 Å². The third kappa shape index (κ3) is 0.695. The molecule has 0 aromatic rings. The van der Waals surface area contributed by atoms with Crippen molar-refractivity contribution in [3.8, 4) is 0 Å². The monoisotopic (exact) mass is 154 g/mol. The summed E-state index contributed by atoms with van der Waals surface area (Å²) in [6, 6.07) is 0. The molecule has 1 aliphatic carbocycles. The van der Waals surface area contributed by atoms with Crippen molar-refractivity contribution in [2.24, 2.45) is 11.3 Å². The van der Waals surface area contributed by atoms with Crippen LogP contribution in [0.3, 0.4) is 0 Å². The molecule has 1 saturated carbocycles. The van der Waals surface area contributed by atoms with Crippen LogP contribution in [-0.2, 0) is 9.47 Å².